The van der Waals surface area contributed by atoms with E-state index in [1.165, 1.54) is 37.3 Å². The number of nitrogens with one attached hydrogen (secondary N) is 1. The number of carbonyl (C=O) groups excluding carboxylic acids is 2. The van der Waals surface area contributed by atoms with Gasteiger partial charge < -0.3 is 19.7 Å². The number of sulfonamides is 1. The van der Waals surface area contributed by atoms with Crippen molar-refractivity contribution in [2.24, 2.45) is 0 Å². The number of anilines is 1. The highest BCUT2D eigenvalue weighted by molar-refractivity contribution is 7.92. The molecule has 1 saturated carbocycles. The lowest BCUT2D eigenvalue weighted by Gasteiger charge is -2.35. The standard InChI is InChI=1S/C39H44ClN3O6S/c1-28-18-21-33(22-19-28)50(46,47)43(32-20-23-36(48-2)37(25-32)49-3)27-38(44)42(26-30-14-10-11-17-34(30)40)35(24-29-12-6-4-7-13-29)39(45)41-31-15-8-5-9-16-31/h4,6-7,10-14,17-23,25,31,35H,5,8-9,15-16,24,26-27H2,1-3H3,(H,41,45)/t35-/m1/s1. The Morgan fingerprint density at radius 1 is 0.860 bits per heavy atom. The number of ether oxygens (including phenoxy) is 2. The molecule has 5 rings (SSSR count). The van der Waals surface area contributed by atoms with Gasteiger partial charge in [0.25, 0.3) is 10.0 Å². The number of rotatable bonds is 14. The zero-order valence-electron chi connectivity index (χ0n) is 28.7. The number of halogens is 1. The van der Waals surface area contributed by atoms with E-state index in [9.17, 15) is 18.0 Å². The predicted octanol–water partition coefficient (Wildman–Crippen LogP) is 6.95. The van der Waals surface area contributed by atoms with Crippen molar-refractivity contribution in [3.05, 3.63) is 119 Å². The van der Waals surface area contributed by atoms with E-state index < -0.39 is 28.5 Å². The lowest BCUT2D eigenvalue weighted by Crippen LogP contribution is -2.55. The molecule has 50 heavy (non-hydrogen) atoms. The summed E-state index contributed by atoms with van der Waals surface area (Å²) < 4.78 is 40.8. The number of methoxy groups -OCH3 is 2. The minimum Gasteiger partial charge on any atom is -0.493 e. The van der Waals surface area contributed by atoms with Gasteiger partial charge in [-0.05, 0) is 61.2 Å². The molecule has 1 aliphatic rings. The molecule has 4 aromatic carbocycles. The van der Waals surface area contributed by atoms with Crippen LogP contribution in [0.25, 0.3) is 0 Å². The quantitative estimate of drug-likeness (QED) is 0.151. The third kappa shape index (κ3) is 8.97. The highest BCUT2D eigenvalue weighted by Crippen LogP contribution is 2.34. The fraction of sp³-hybridized carbons (Fsp3) is 0.333. The smallest absolute Gasteiger partial charge is 0.264 e. The molecule has 0 aliphatic heterocycles. The number of nitrogens with zero attached hydrogens (tertiary/aromatic N) is 2. The summed E-state index contributed by atoms with van der Waals surface area (Å²) in [4.78, 5) is 30.6. The second kappa shape index (κ2) is 16.9. The first-order valence-electron chi connectivity index (χ1n) is 16.8. The molecular formula is C39H44ClN3O6S. The predicted molar refractivity (Wildman–Crippen MR) is 196 cm³/mol. The van der Waals surface area contributed by atoms with Crippen molar-refractivity contribution < 1.29 is 27.5 Å². The van der Waals surface area contributed by atoms with Crippen LogP contribution in [0.4, 0.5) is 5.69 Å². The number of hydrogen-bond acceptors (Lipinski definition) is 6. The number of aryl methyl sites for hydroxylation is 1. The van der Waals surface area contributed by atoms with Gasteiger partial charge in [-0.25, -0.2) is 8.42 Å². The highest BCUT2D eigenvalue weighted by Gasteiger charge is 2.36. The Balaban J connectivity index is 1.60. The summed E-state index contributed by atoms with van der Waals surface area (Å²) >= 11 is 6.63. The second-order valence-corrected chi connectivity index (χ2v) is 14.8. The first-order chi connectivity index (χ1) is 24.1. The molecule has 1 aliphatic carbocycles. The van der Waals surface area contributed by atoms with Crippen molar-refractivity contribution in [1.29, 1.82) is 0 Å². The molecule has 1 atom stereocenters. The van der Waals surface area contributed by atoms with Crippen molar-refractivity contribution in [2.45, 2.75) is 69.0 Å². The van der Waals surface area contributed by atoms with Crippen LogP contribution in [0.2, 0.25) is 5.02 Å². The summed E-state index contributed by atoms with van der Waals surface area (Å²) in [5, 5.41) is 3.65. The van der Waals surface area contributed by atoms with E-state index in [4.69, 9.17) is 21.1 Å². The van der Waals surface area contributed by atoms with E-state index in [0.29, 0.717) is 22.1 Å². The Morgan fingerprint density at radius 3 is 2.18 bits per heavy atom. The lowest BCUT2D eigenvalue weighted by atomic mass is 9.94. The van der Waals surface area contributed by atoms with Crippen molar-refractivity contribution in [2.75, 3.05) is 25.1 Å². The van der Waals surface area contributed by atoms with Crippen LogP contribution in [0.15, 0.2) is 102 Å². The Morgan fingerprint density at radius 2 is 1.52 bits per heavy atom. The van der Waals surface area contributed by atoms with Crippen molar-refractivity contribution >= 4 is 39.1 Å². The molecule has 0 aromatic heterocycles. The van der Waals surface area contributed by atoms with Gasteiger partial charge in [0.15, 0.2) is 11.5 Å². The third-order valence-electron chi connectivity index (χ3n) is 9.06. The van der Waals surface area contributed by atoms with E-state index in [1.807, 2.05) is 43.3 Å². The van der Waals surface area contributed by atoms with Gasteiger partial charge in [-0.1, -0.05) is 97.1 Å². The summed E-state index contributed by atoms with van der Waals surface area (Å²) in [6, 6.07) is 26.8. The Hall–Kier alpha value is -4.54. The van der Waals surface area contributed by atoms with Gasteiger partial charge in [-0.15, -0.1) is 0 Å². The van der Waals surface area contributed by atoms with E-state index in [2.05, 4.69) is 5.32 Å². The van der Waals surface area contributed by atoms with Crippen LogP contribution >= 0.6 is 11.6 Å². The maximum Gasteiger partial charge on any atom is 0.264 e. The Bertz CT molecular complexity index is 1860. The van der Waals surface area contributed by atoms with Gasteiger partial charge >= 0.3 is 0 Å². The molecule has 2 amide bonds. The van der Waals surface area contributed by atoms with E-state index in [0.717, 1.165) is 47.5 Å². The van der Waals surface area contributed by atoms with Crippen LogP contribution in [0.1, 0.15) is 48.8 Å². The zero-order valence-corrected chi connectivity index (χ0v) is 30.3. The monoisotopic (exact) mass is 717 g/mol. The first-order valence-corrected chi connectivity index (χ1v) is 18.6. The molecule has 264 valence electrons. The zero-order chi connectivity index (χ0) is 35.7. The summed E-state index contributed by atoms with van der Waals surface area (Å²) in [7, 11) is -1.35. The fourth-order valence-electron chi connectivity index (χ4n) is 6.25. The van der Waals surface area contributed by atoms with Gasteiger partial charge in [-0.3, -0.25) is 13.9 Å². The van der Waals surface area contributed by atoms with Crippen molar-refractivity contribution in [3.8, 4) is 11.5 Å². The van der Waals surface area contributed by atoms with Gasteiger partial charge in [0.2, 0.25) is 11.8 Å². The topological polar surface area (TPSA) is 105 Å². The van der Waals surface area contributed by atoms with Crippen LogP contribution in [0.3, 0.4) is 0 Å². The fourth-order valence-corrected chi connectivity index (χ4v) is 7.86. The number of benzene rings is 4. The molecule has 0 heterocycles. The van der Waals surface area contributed by atoms with Gasteiger partial charge in [0.1, 0.15) is 12.6 Å². The Kier molecular flexibility index (Phi) is 12.4. The molecular weight excluding hydrogens is 674 g/mol. The van der Waals surface area contributed by atoms with Gasteiger partial charge in [-0.2, -0.15) is 0 Å². The molecule has 1 N–H and O–H groups in total. The van der Waals surface area contributed by atoms with Crippen LogP contribution < -0.4 is 19.1 Å². The summed E-state index contributed by atoms with van der Waals surface area (Å²) in [6.07, 6.45) is 5.12. The molecule has 0 spiro atoms. The van der Waals surface area contributed by atoms with Gasteiger partial charge in [0.05, 0.1) is 24.8 Å². The SMILES string of the molecule is COc1ccc(N(CC(=O)N(Cc2ccccc2Cl)[C@H](Cc2ccccc2)C(=O)NC2CCCCC2)S(=O)(=O)c2ccc(C)cc2)cc1OC. The van der Waals surface area contributed by atoms with E-state index in [-0.39, 0.29) is 35.5 Å². The lowest BCUT2D eigenvalue weighted by molar-refractivity contribution is -0.140. The minimum absolute atomic E-state index is 0.00281. The third-order valence-corrected chi connectivity index (χ3v) is 11.2. The molecule has 0 radical (unpaired) electrons. The van der Waals surface area contributed by atoms with Gasteiger partial charge in [0, 0.05) is 30.1 Å². The Labute approximate surface area is 300 Å². The normalized spacial score (nSPS) is 14.0. The maximum absolute atomic E-state index is 14.8. The summed E-state index contributed by atoms with van der Waals surface area (Å²) in [6.45, 7) is 1.25. The van der Waals surface area contributed by atoms with Crippen LogP contribution in [0, 0.1) is 6.92 Å². The molecule has 4 aromatic rings. The number of amides is 2. The minimum atomic E-state index is -4.29. The van der Waals surface area contributed by atoms with E-state index in [1.54, 1.807) is 42.5 Å². The number of hydrogen-bond donors (Lipinski definition) is 1. The highest BCUT2D eigenvalue weighted by atomic mass is 35.5. The van der Waals surface area contributed by atoms with E-state index >= 15 is 0 Å². The first kappa shape index (κ1) is 36.7. The van der Waals surface area contributed by atoms with Crippen LogP contribution in [-0.4, -0.2) is 58.0 Å². The second-order valence-electron chi connectivity index (χ2n) is 12.5. The molecule has 11 heteroatoms. The summed E-state index contributed by atoms with van der Waals surface area (Å²) in [5.74, 6) is -0.170. The average molecular weight is 718 g/mol. The van der Waals surface area contributed by atoms with Crippen LogP contribution in [0.5, 0.6) is 11.5 Å². The molecule has 0 bridgehead atoms. The largest absolute Gasteiger partial charge is 0.493 e. The maximum atomic E-state index is 14.8. The van der Waals surface area contributed by atoms with Crippen molar-refractivity contribution in [1.82, 2.24) is 10.2 Å². The molecule has 0 saturated heterocycles. The number of carbonyl (C=O) groups is 2. The molecule has 0 unspecified atom stereocenters. The average Bonchev–Trinajstić information content (AvgIpc) is 3.13. The molecule has 9 nitrogen and oxygen atoms in total. The molecule has 1 fully saturated rings. The van der Waals surface area contributed by atoms with Crippen molar-refractivity contribution in [3.63, 3.8) is 0 Å². The van der Waals surface area contributed by atoms with Crippen LogP contribution in [-0.2, 0) is 32.6 Å². The summed E-state index contributed by atoms with van der Waals surface area (Å²) in [5.41, 5.74) is 2.57.